The van der Waals surface area contributed by atoms with Crippen LogP contribution in [-0.2, 0) is 0 Å². The van der Waals surface area contributed by atoms with Crippen molar-refractivity contribution >= 4 is 0 Å². The predicted octanol–water partition coefficient (Wildman–Crippen LogP) is 4.03. The second kappa shape index (κ2) is 5.59. The van der Waals surface area contributed by atoms with Gasteiger partial charge in [-0.2, -0.15) is 0 Å². The first-order chi connectivity index (χ1) is 5.63. The molecule has 0 atom stereocenters. The molecule has 0 aromatic heterocycles. The molecule has 0 aromatic carbocycles. The summed E-state index contributed by atoms with van der Waals surface area (Å²) in [5.41, 5.74) is 3.59. The third-order valence-corrected chi connectivity index (χ3v) is 1.92. The lowest BCUT2D eigenvalue weighted by Gasteiger charge is -2.04. The first-order valence-corrected chi connectivity index (χ1v) is 4.25. The van der Waals surface area contributed by atoms with Gasteiger partial charge in [0.1, 0.15) is 0 Å². The van der Waals surface area contributed by atoms with Gasteiger partial charge in [0.2, 0.25) is 0 Å². The van der Waals surface area contributed by atoms with Crippen molar-refractivity contribution in [2.24, 2.45) is 0 Å². The topological polar surface area (TPSA) is 0 Å². The van der Waals surface area contributed by atoms with Crippen LogP contribution in [0.4, 0.5) is 0 Å². The van der Waals surface area contributed by atoms with Gasteiger partial charge in [0.05, 0.1) is 0 Å². The SMILES string of the molecule is C=C(/C(C)=C\C)/C(C)=C\C=C/C. The molecule has 0 amide bonds. The minimum Gasteiger partial charge on any atom is -0.0912 e. The van der Waals surface area contributed by atoms with Gasteiger partial charge in [-0.1, -0.05) is 30.9 Å². The average Bonchev–Trinajstić information content (AvgIpc) is 2.11. The van der Waals surface area contributed by atoms with E-state index in [-0.39, 0.29) is 0 Å². The monoisotopic (exact) mass is 162 g/mol. The van der Waals surface area contributed by atoms with Gasteiger partial charge < -0.3 is 0 Å². The Labute approximate surface area is 76.0 Å². The lowest BCUT2D eigenvalue weighted by atomic mass is 10.0. The molecule has 0 saturated heterocycles. The van der Waals surface area contributed by atoms with Crippen LogP contribution in [0, 0.1) is 0 Å². The van der Waals surface area contributed by atoms with Gasteiger partial charge in [-0.05, 0) is 44.4 Å². The maximum absolute atomic E-state index is 4.01. The van der Waals surface area contributed by atoms with E-state index in [9.17, 15) is 0 Å². The van der Waals surface area contributed by atoms with E-state index in [1.807, 2.05) is 26.0 Å². The second-order valence-electron chi connectivity index (χ2n) is 2.83. The van der Waals surface area contributed by atoms with Crippen molar-refractivity contribution in [1.29, 1.82) is 0 Å². The molecule has 0 fully saturated rings. The highest BCUT2D eigenvalue weighted by atomic mass is 14.0. The Morgan fingerprint density at radius 3 is 2.08 bits per heavy atom. The van der Waals surface area contributed by atoms with Crippen LogP contribution in [0.5, 0.6) is 0 Å². The van der Waals surface area contributed by atoms with Crippen LogP contribution < -0.4 is 0 Å². The van der Waals surface area contributed by atoms with E-state index in [4.69, 9.17) is 0 Å². The van der Waals surface area contributed by atoms with Gasteiger partial charge in [0.15, 0.2) is 0 Å². The Bertz CT molecular complexity index is 237. The molecule has 0 aliphatic carbocycles. The van der Waals surface area contributed by atoms with Crippen LogP contribution in [-0.4, -0.2) is 0 Å². The lowest BCUT2D eigenvalue weighted by molar-refractivity contribution is 1.32. The van der Waals surface area contributed by atoms with Gasteiger partial charge in [-0.25, -0.2) is 0 Å². The minimum atomic E-state index is 1.12. The highest BCUT2D eigenvalue weighted by Crippen LogP contribution is 2.15. The molecule has 66 valence electrons. The van der Waals surface area contributed by atoms with Crippen LogP contribution in [0.15, 0.2) is 47.6 Å². The molecule has 0 aromatic rings. The molecule has 0 unspecified atom stereocenters. The fourth-order valence-electron chi connectivity index (χ4n) is 0.826. The maximum Gasteiger partial charge on any atom is -0.0273 e. The summed E-state index contributed by atoms with van der Waals surface area (Å²) in [6.45, 7) is 12.2. The number of rotatable bonds is 3. The van der Waals surface area contributed by atoms with Gasteiger partial charge in [0.25, 0.3) is 0 Å². The standard InChI is InChI=1S/C12H18/c1-6-8-9-11(4)12(5)10(3)7-2/h6-9H,5H2,1-4H3/b8-6-,10-7-,11-9-. The van der Waals surface area contributed by atoms with E-state index >= 15 is 0 Å². The van der Waals surface area contributed by atoms with Crippen molar-refractivity contribution in [1.82, 2.24) is 0 Å². The van der Waals surface area contributed by atoms with Crippen molar-refractivity contribution in [2.75, 3.05) is 0 Å². The van der Waals surface area contributed by atoms with Crippen molar-refractivity contribution in [3.8, 4) is 0 Å². The van der Waals surface area contributed by atoms with Gasteiger partial charge >= 0.3 is 0 Å². The van der Waals surface area contributed by atoms with Crippen molar-refractivity contribution in [3.05, 3.63) is 47.6 Å². The van der Waals surface area contributed by atoms with Crippen LogP contribution in [0.1, 0.15) is 27.7 Å². The molecular weight excluding hydrogens is 144 g/mol. The number of hydrogen-bond donors (Lipinski definition) is 0. The highest BCUT2D eigenvalue weighted by molar-refractivity contribution is 5.43. The van der Waals surface area contributed by atoms with E-state index in [2.05, 4.69) is 32.6 Å². The Morgan fingerprint density at radius 1 is 1.08 bits per heavy atom. The Morgan fingerprint density at radius 2 is 1.67 bits per heavy atom. The molecular formula is C12H18. The summed E-state index contributed by atoms with van der Waals surface area (Å²) in [4.78, 5) is 0. The fourth-order valence-corrected chi connectivity index (χ4v) is 0.826. The average molecular weight is 162 g/mol. The first kappa shape index (κ1) is 11.0. The highest BCUT2D eigenvalue weighted by Gasteiger charge is 1.96. The number of hydrogen-bond acceptors (Lipinski definition) is 0. The molecule has 12 heavy (non-hydrogen) atoms. The molecule has 0 N–H and O–H groups in total. The zero-order valence-corrected chi connectivity index (χ0v) is 8.52. The molecule has 0 rings (SSSR count). The van der Waals surface area contributed by atoms with Crippen LogP contribution in [0.3, 0.4) is 0 Å². The third-order valence-electron chi connectivity index (χ3n) is 1.92. The lowest BCUT2D eigenvalue weighted by Crippen LogP contribution is -1.84. The number of allylic oxidation sites excluding steroid dienone is 7. The molecule has 0 nitrogen and oxygen atoms in total. The van der Waals surface area contributed by atoms with Crippen molar-refractivity contribution in [2.45, 2.75) is 27.7 Å². The van der Waals surface area contributed by atoms with E-state index < -0.39 is 0 Å². The minimum absolute atomic E-state index is 1.12. The quantitative estimate of drug-likeness (QED) is 0.549. The largest absolute Gasteiger partial charge is 0.0912 e. The van der Waals surface area contributed by atoms with E-state index in [1.54, 1.807) is 0 Å². The van der Waals surface area contributed by atoms with Gasteiger partial charge in [-0.15, -0.1) is 0 Å². The Kier molecular flexibility index (Phi) is 5.11. The summed E-state index contributed by atoms with van der Waals surface area (Å²) in [6.07, 6.45) is 8.20. The summed E-state index contributed by atoms with van der Waals surface area (Å²) in [5, 5.41) is 0. The first-order valence-electron chi connectivity index (χ1n) is 4.25. The summed E-state index contributed by atoms with van der Waals surface area (Å²) in [7, 11) is 0. The summed E-state index contributed by atoms with van der Waals surface area (Å²) in [5.74, 6) is 0. The van der Waals surface area contributed by atoms with Crippen LogP contribution in [0.25, 0.3) is 0 Å². The van der Waals surface area contributed by atoms with Crippen molar-refractivity contribution < 1.29 is 0 Å². The van der Waals surface area contributed by atoms with E-state index in [1.165, 1.54) is 11.1 Å². The summed E-state index contributed by atoms with van der Waals surface area (Å²) in [6, 6.07) is 0. The van der Waals surface area contributed by atoms with E-state index in [0.29, 0.717) is 0 Å². The molecule has 0 aliphatic rings. The molecule has 0 spiro atoms. The van der Waals surface area contributed by atoms with Crippen LogP contribution >= 0.6 is 0 Å². The normalized spacial score (nSPS) is 14.0. The Balaban J connectivity index is 4.50. The fraction of sp³-hybridized carbons (Fsp3) is 0.333. The third kappa shape index (κ3) is 3.38. The molecule has 0 heterocycles. The molecule has 0 heteroatoms. The molecule has 0 saturated carbocycles. The smallest absolute Gasteiger partial charge is 0.0273 e. The van der Waals surface area contributed by atoms with Crippen LogP contribution in [0.2, 0.25) is 0 Å². The molecule has 0 radical (unpaired) electrons. The summed E-state index contributed by atoms with van der Waals surface area (Å²) < 4.78 is 0. The maximum atomic E-state index is 4.01. The zero-order valence-electron chi connectivity index (χ0n) is 8.52. The summed E-state index contributed by atoms with van der Waals surface area (Å²) >= 11 is 0. The molecule has 0 aliphatic heterocycles. The molecule has 0 bridgehead atoms. The van der Waals surface area contributed by atoms with Gasteiger partial charge in [-0.3, -0.25) is 0 Å². The zero-order chi connectivity index (χ0) is 9.56. The van der Waals surface area contributed by atoms with Crippen molar-refractivity contribution in [3.63, 3.8) is 0 Å². The predicted molar refractivity (Wildman–Crippen MR) is 57.1 cm³/mol. The second-order valence-corrected chi connectivity index (χ2v) is 2.83. The van der Waals surface area contributed by atoms with Gasteiger partial charge in [0, 0.05) is 0 Å². The Hall–Kier alpha value is -1.04. The van der Waals surface area contributed by atoms with E-state index in [0.717, 1.165) is 5.57 Å².